The molecule has 8 nitrogen and oxygen atoms in total. The lowest BCUT2D eigenvalue weighted by atomic mass is 10.2. The highest BCUT2D eigenvalue weighted by atomic mass is 19.1. The maximum atomic E-state index is 13.3. The topological polar surface area (TPSA) is 77.4 Å². The van der Waals surface area contributed by atoms with Gasteiger partial charge >= 0.3 is 5.69 Å². The quantitative estimate of drug-likeness (QED) is 0.634. The van der Waals surface area contributed by atoms with Crippen LogP contribution in [0, 0.1) is 5.82 Å². The zero-order valence-electron chi connectivity index (χ0n) is 16.5. The van der Waals surface area contributed by atoms with Gasteiger partial charge in [-0.25, -0.2) is 14.2 Å². The highest BCUT2D eigenvalue weighted by Gasteiger charge is 2.30. The fourth-order valence-corrected chi connectivity index (χ4v) is 3.54. The number of fused-ring (bicyclic) bond motifs is 3. The Bertz CT molecular complexity index is 1270. The normalized spacial score (nSPS) is 16.1. The zero-order chi connectivity index (χ0) is 20.9. The van der Waals surface area contributed by atoms with Crippen LogP contribution >= 0.6 is 0 Å². The molecule has 3 aromatic rings. The molecule has 29 heavy (non-hydrogen) atoms. The number of benzene rings is 1. The van der Waals surface area contributed by atoms with Gasteiger partial charge in [-0.2, -0.15) is 10.1 Å². The van der Waals surface area contributed by atoms with Crippen LogP contribution in [0.4, 0.5) is 10.3 Å². The lowest BCUT2D eigenvalue weighted by Crippen LogP contribution is -2.40. The lowest BCUT2D eigenvalue weighted by Gasteiger charge is -2.29. The van der Waals surface area contributed by atoms with Crippen molar-refractivity contribution in [3.63, 3.8) is 0 Å². The van der Waals surface area contributed by atoms with Crippen LogP contribution in [0.25, 0.3) is 11.2 Å². The van der Waals surface area contributed by atoms with Crippen molar-refractivity contribution in [2.24, 2.45) is 12.1 Å². The van der Waals surface area contributed by atoms with Crippen LogP contribution in [-0.4, -0.2) is 24.4 Å². The predicted molar refractivity (Wildman–Crippen MR) is 110 cm³/mol. The Balaban J connectivity index is 1.95. The highest BCUT2D eigenvalue weighted by molar-refractivity contribution is 5.91. The van der Waals surface area contributed by atoms with E-state index < -0.39 is 11.2 Å². The van der Waals surface area contributed by atoms with Crippen molar-refractivity contribution in [2.45, 2.75) is 33.0 Å². The van der Waals surface area contributed by atoms with E-state index in [9.17, 15) is 14.0 Å². The fourth-order valence-electron chi connectivity index (χ4n) is 3.54. The van der Waals surface area contributed by atoms with Gasteiger partial charge in [0.05, 0.1) is 18.3 Å². The van der Waals surface area contributed by atoms with Crippen LogP contribution < -0.4 is 16.3 Å². The van der Waals surface area contributed by atoms with Crippen LogP contribution in [0.2, 0.25) is 0 Å². The Morgan fingerprint density at radius 1 is 1.24 bits per heavy atom. The number of imidazole rings is 1. The van der Waals surface area contributed by atoms with Gasteiger partial charge in [0.15, 0.2) is 11.2 Å². The molecule has 0 saturated carbocycles. The van der Waals surface area contributed by atoms with Crippen molar-refractivity contribution < 1.29 is 4.39 Å². The minimum absolute atomic E-state index is 0.114. The molecule has 150 valence electrons. The van der Waals surface area contributed by atoms with Crippen LogP contribution in [0.3, 0.4) is 0 Å². The van der Waals surface area contributed by atoms with Crippen molar-refractivity contribution >= 4 is 22.8 Å². The molecule has 0 fully saturated rings. The van der Waals surface area contributed by atoms with E-state index in [-0.39, 0.29) is 18.4 Å². The molecule has 9 heteroatoms. The van der Waals surface area contributed by atoms with E-state index in [2.05, 4.69) is 16.7 Å². The largest absolute Gasteiger partial charge is 0.332 e. The van der Waals surface area contributed by atoms with E-state index in [1.54, 1.807) is 24.2 Å². The maximum Gasteiger partial charge on any atom is 0.332 e. The smallest absolute Gasteiger partial charge is 0.294 e. The number of anilines is 1. The fraction of sp³-hybridized carbons (Fsp3) is 0.300. The Hall–Kier alpha value is -3.49. The monoisotopic (exact) mass is 396 g/mol. The molecule has 2 aromatic heterocycles. The summed E-state index contributed by atoms with van der Waals surface area (Å²) < 4.78 is 17.6. The number of nitrogens with zero attached hydrogens (tertiary/aromatic N) is 6. The zero-order valence-corrected chi connectivity index (χ0v) is 16.5. The summed E-state index contributed by atoms with van der Waals surface area (Å²) >= 11 is 0. The van der Waals surface area contributed by atoms with E-state index in [4.69, 9.17) is 0 Å². The summed E-state index contributed by atoms with van der Waals surface area (Å²) in [7, 11) is 1.59. The summed E-state index contributed by atoms with van der Waals surface area (Å²) in [5.74, 6) is 0.150. The Morgan fingerprint density at radius 2 is 1.93 bits per heavy atom. The van der Waals surface area contributed by atoms with Gasteiger partial charge in [0.2, 0.25) is 5.95 Å². The van der Waals surface area contributed by atoms with E-state index >= 15 is 0 Å². The Kier molecular flexibility index (Phi) is 4.45. The average molecular weight is 396 g/mol. The molecular weight excluding hydrogens is 375 g/mol. The molecule has 0 spiro atoms. The van der Waals surface area contributed by atoms with Crippen LogP contribution in [-0.2, 0) is 20.1 Å². The van der Waals surface area contributed by atoms with Gasteiger partial charge in [-0.3, -0.25) is 18.5 Å². The van der Waals surface area contributed by atoms with E-state index in [1.807, 2.05) is 18.4 Å². The number of allylic oxidation sites excluding steroid dienone is 1. The molecular formula is C20H21FN6O2. The summed E-state index contributed by atoms with van der Waals surface area (Å²) in [5.41, 5.74) is 1.42. The van der Waals surface area contributed by atoms with Crippen molar-refractivity contribution in [3.8, 4) is 0 Å². The average Bonchev–Trinajstić information content (AvgIpc) is 3.10. The summed E-state index contributed by atoms with van der Waals surface area (Å²) in [5, 5.41) is 6.29. The lowest BCUT2D eigenvalue weighted by molar-refractivity contribution is 0.621. The van der Waals surface area contributed by atoms with Crippen molar-refractivity contribution in [2.75, 3.05) is 5.01 Å². The minimum atomic E-state index is -0.451. The highest BCUT2D eigenvalue weighted by Crippen LogP contribution is 2.30. The molecule has 0 saturated heterocycles. The van der Waals surface area contributed by atoms with Gasteiger partial charge < -0.3 is 0 Å². The first-order valence-electron chi connectivity index (χ1n) is 9.23. The molecule has 0 N–H and O–H groups in total. The third-order valence-corrected chi connectivity index (χ3v) is 5.22. The number of hydrogen-bond acceptors (Lipinski definition) is 5. The SMILES string of the molecule is C=CCn1c(=O)c2c(nc3n2[C@@H](C)C(C)=NN3Cc2ccc(F)cc2)n(C)c1=O. The number of rotatable bonds is 4. The van der Waals surface area contributed by atoms with Crippen molar-refractivity contribution in [3.05, 3.63) is 69.1 Å². The Labute approximate surface area is 165 Å². The number of halogens is 1. The summed E-state index contributed by atoms with van der Waals surface area (Å²) in [6.07, 6.45) is 1.51. The van der Waals surface area contributed by atoms with Crippen LogP contribution in [0.1, 0.15) is 25.5 Å². The predicted octanol–water partition coefficient (Wildman–Crippen LogP) is 2.18. The van der Waals surface area contributed by atoms with Gasteiger partial charge in [-0.1, -0.05) is 18.2 Å². The van der Waals surface area contributed by atoms with Crippen LogP contribution in [0.5, 0.6) is 0 Å². The number of aryl methyl sites for hydroxylation is 1. The molecule has 0 aliphatic carbocycles. The standard InChI is InChI=1S/C20H21FN6O2/c1-5-10-25-18(28)16-17(24(4)20(25)29)22-19-26(23-12(2)13(3)27(16)19)11-14-6-8-15(21)9-7-14/h5-9,13H,1,10-11H2,2-4H3/t13-/m0/s1. The first kappa shape index (κ1) is 18.9. The number of hydrazone groups is 1. The minimum Gasteiger partial charge on any atom is -0.294 e. The Morgan fingerprint density at radius 3 is 2.59 bits per heavy atom. The first-order chi connectivity index (χ1) is 13.8. The van der Waals surface area contributed by atoms with Crippen molar-refractivity contribution in [1.29, 1.82) is 0 Å². The molecule has 4 rings (SSSR count). The summed E-state index contributed by atoms with van der Waals surface area (Å²) in [6.45, 7) is 7.90. The molecule has 1 aromatic carbocycles. The second kappa shape index (κ2) is 6.84. The molecule has 1 atom stereocenters. The van der Waals surface area contributed by atoms with Gasteiger partial charge in [-0.05, 0) is 31.5 Å². The van der Waals surface area contributed by atoms with E-state index in [0.717, 1.165) is 15.8 Å². The van der Waals surface area contributed by atoms with Gasteiger partial charge in [0.1, 0.15) is 5.82 Å². The third-order valence-electron chi connectivity index (χ3n) is 5.22. The molecule has 0 radical (unpaired) electrons. The maximum absolute atomic E-state index is 13.3. The second-order valence-corrected chi connectivity index (χ2v) is 7.10. The third kappa shape index (κ3) is 2.89. The molecule has 3 heterocycles. The molecule has 1 aliphatic heterocycles. The van der Waals surface area contributed by atoms with Gasteiger partial charge in [0.25, 0.3) is 5.56 Å². The second-order valence-electron chi connectivity index (χ2n) is 7.10. The first-order valence-corrected chi connectivity index (χ1v) is 9.23. The number of aromatic nitrogens is 4. The van der Waals surface area contributed by atoms with E-state index in [1.165, 1.54) is 22.8 Å². The van der Waals surface area contributed by atoms with Gasteiger partial charge in [0, 0.05) is 13.6 Å². The molecule has 1 aliphatic rings. The van der Waals surface area contributed by atoms with Gasteiger partial charge in [-0.15, -0.1) is 6.58 Å². The summed E-state index contributed by atoms with van der Waals surface area (Å²) in [4.78, 5) is 30.3. The molecule has 0 unspecified atom stereocenters. The number of hydrogen-bond donors (Lipinski definition) is 0. The molecule has 0 bridgehead atoms. The van der Waals surface area contributed by atoms with Crippen LogP contribution in [0.15, 0.2) is 51.6 Å². The van der Waals surface area contributed by atoms with Crippen molar-refractivity contribution in [1.82, 2.24) is 18.7 Å². The molecule has 0 amide bonds. The summed E-state index contributed by atoms with van der Waals surface area (Å²) in [6, 6.07) is 5.93. The van der Waals surface area contributed by atoms with E-state index in [0.29, 0.717) is 23.7 Å².